The predicted molar refractivity (Wildman–Crippen MR) is 261 cm³/mol. The average molecular weight is 1140 g/mol. The van der Waals surface area contributed by atoms with E-state index < -0.39 is 0 Å². The third-order valence-corrected chi connectivity index (χ3v) is 8.16. The fourth-order valence-electron chi connectivity index (χ4n) is 5.37. The predicted octanol–water partition coefficient (Wildman–Crippen LogP) is 20.0. The fourth-order valence-corrected chi connectivity index (χ4v) is 5.37. The summed E-state index contributed by atoms with van der Waals surface area (Å²) in [6.07, 6.45) is 27.9. The first kappa shape index (κ1) is 80.4. The Morgan fingerprint density at radius 3 is 0.417 bits per heavy atom. The minimum absolute atomic E-state index is 0. The normalized spacial score (nSPS) is 13.7. The van der Waals surface area contributed by atoms with Gasteiger partial charge in [0.25, 0.3) is 0 Å². The molecule has 0 nitrogen and oxygen atoms in total. The van der Waals surface area contributed by atoms with Crippen molar-refractivity contribution >= 4 is 0 Å². The molecule has 0 spiro atoms. The summed E-state index contributed by atoms with van der Waals surface area (Å²) < 4.78 is 0. The summed E-state index contributed by atoms with van der Waals surface area (Å²) in [5, 5.41) is 0. The smallest absolute Gasteiger partial charge is 0 e. The largest absolute Gasteiger partial charge is 0.497 e. The van der Waals surface area contributed by atoms with Gasteiger partial charge in [-0.15, -0.1) is 0 Å². The number of hydrogen-bond donors (Lipinski definition) is 0. The minimum atomic E-state index is 0. The van der Waals surface area contributed by atoms with Crippen LogP contribution in [0.2, 0.25) is 0 Å². The number of hydrogen-bond acceptors (Lipinski definition) is 0. The zero-order chi connectivity index (χ0) is 45.6. The molecule has 0 aliphatic rings. The maximum absolute atomic E-state index is 3.58. The maximum atomic E-state index is 3.58. The topological polar surface area (TPSA) is 0 Å². The third-order valence-electron chi connectivity index (χ3n) is 8.16. The Bertz CT molecular complexity index is 937. The van der Waals surface area contributed by atoms with Crippen LogP contribution >= 0.6 is 0 Å². The Kier molecular flexibility index (Phi) is 50.0. The molecule has 0 unspecified atom stereocenters. The van der Waals surface area contributed by atoms with E-state index in [1.54, 1.807) is 0 Å². The van der Waals surface area contributed by atoms with Gasteiger partial charge in [0.05, 0.1) is 0 Å². The Morgan fingerprint density at radius 1 is 0.233 bits per heavy atom. The monoisotopic (exact) mass is 1140 g/mol. The first-order valence-electron chi connectivity index (χ1n) is 22.9. The van der Waals surface area contributed by atoms with Crippen molar-refractivity contribution in [3.8, 4) is 0 Å². The summed E-state index contributed by atoms with van der Waals surface area (Å²) in [5.41, 5.74) is 9.06. The van der Waals surface area contributed by atoms with E-state index in [-0.39, 0.29) is 131 Å². The van der Waals surface area contributed by atoms with Gasteiger partial charge >= 0.3 is 0 Å². The molecule has 0 fully saturated rings. The van der Waals surface area contributed by atoms with E-state index in [0.717, 1.165) is 51.4 Å². The molecule has 0 atom stereocenters. The molecular formula is C56H108Y4-4. The van der Waals surface area contributed by atoms with E-state index in [4.69, 9.17) is 0 Å². The van der Waals surface area contributed by atoms with Gasteiger partial charge in [0.2, 0.25) is 0 Å². The Morgan fingerprint density at radius 2 is 0.350 bits per heavy atom. The zero-order valence-corrected chi connectivity index (χ0v) is 58.1. The second kappa shape index (κ2) is 37.3. The van der Waals surface area contributed by atoms with Crippen molar-refractivity contribution in [3.63, 3.8) is 0 Å². The molecule has 0 saturated heterocycles. The molecule has 0 aromatic carbocycles. The first-order valence-corrected chi connectivity index (χ1v) is 22.9. The SMILES string of the molecule is CCC(=[C-]CC(C)(C)C)CC(C)(C)C.CCC(=[C-]CC(C)(C)C)CC(C)(C)C.CCC(=[C-]CC(C)(C)C)CC(C)(C)C.CCC(=[C-]CC(C)(C)C)CC(C)(C)C.[Y].[Y].[Y].[Y]. The molecule has 0 aromatic heterocycles. The van der Waals surface area contributed by atoms with Crippen LogP contribution < -0.4 is 0 Å². The quantitative estimate of drug-likeness (QED) is 0.171. The van der Waals surface area contributed by atoms with Crippen molar-refractivity contribution in [2.45, 2.75) is 271 Å². The standard InChI is InChI=1S/4C14H27.4Y/c4*1-8-12(11-14(5,6)7)9-10-13(2,3)4;;;;/h4*8,10-11H2,1-7H3;;;;/q4*-1;;;;. The van der Waals surface area contributed by atoms with Crippen molar-refractivity contribution in [3.05, 3.63) is 46.6 Å². The fraction of sp³-hybridized carbons (Fsp3) is 0.857. The summed E-state index contributed by atoms with van der Waals surface area (Å²) in [6, 6.07) is 0. The molecule has 0 saturated carbocycles. The van der Waals surface area contributed by atoms with E-state index in [0.29, 0.717) is 43.3 Å². The van der Waals surface area contributed by atoms with Crippen molar-refractivity contribution in [1.82, 2.24) is 0 Å². The molecule has 0 N–H and O–H groups in total. The van der Waals surface area contributed by atoms with Crippen molar-refractivity contribution in [2.24, 2.45) is 43.3 Å². The molecule has 0 bridgehead atoms. The third kappa shape index (κ3) is 73.0. The van der Waals surface area contributed by atoms with Crippen molar-refractivity contribution in [1.29, 1.82) is 0 Å². The molecule has 0 amide bonds. The maximum Gasteiger partial charge on any atom is 0 e. The van der Waals surface area contributed by atoms with Crippen LogP contribution in [0.4, 0.5) is 0 Å². The van der Waals surface area contributed by atoms with Crippen LogP contribution in [0.3, 0.4) is 0 Å². The average Bonchev–Trinajstić information content (AvgIpc) is 2.94. The molecule has 0 rings (SSSR count). The van der Waals surface area contributed by atoms with Crippen LogP contribution in [0.15, 0.2) is 22.3 Å². The van der Waals surface area contributed by atoms with Crippen LogP contribution in [0.25, 0.3) is 0 Å². The zero-order valence-electron chi connectivity index (χ0n) is 46.8. The molecular weight excluding hydrogens is 1030 g/mol. The van der Waals surface area contributed by atoms with Crippen LogP contribution in [0, 0.1) is 67.6 Å². The van der Waals surface area contributed by atoms with Crippen LogP contribution in [-0.2, 0) is 131 Å². The molecule has 0 aliphatic carbocycles. The first-order chi connectivity index (χ1) is 24.6. The van der Waals surface area contributed by atoms with E-state index in [1.165, 1.54) is 48.0 Å². The van der Waals surface area contributed by atoms with Crippen LogP contribution in [0.5, 0.6) is 0 Å². The molecule has 0 aromatic rings. The Balaban J connectivity index is -0.0000000980. The molecule has 60 heavy (non-hydrogen) atoms. The van der Waals surface area contributed by atoms with Gasteiger partial charge in [-0.25, -0.2) is 0 Å². The molecule has 0 heterocycles. The summed E-state index contributed by atoms with van der Waals surface area (Å²) >= 11 is 0. The second-order valence-electron chi connectivity index (χ2n) is 26.4. The van der Waals surface area contributed by atoms with Gasteiger partial charge < -0.3 is 24.3 Å². The molecule has 348 valence electrons. The van der Waals surface area contributed by atoms with Crippen molar-refractivity contribution in [2.75, 3.05) is 0 Å². The molecule has 4 radical (unpaired) electrons. The Hall–Kier alpha value is 3.38. The molecule has 0 aliphatic heterocycles. The van der Waals surface area contributed by atoms with Gasteiger partial charge in [-0.05, 0) is 21.7 Å². The second-order valence-corrected chi connectivity index (χ2v) is 26.4. The summed E-state index contributed by atoms with van der Waals surface area (Å²) in [7, 11) is 0. The number of allylic oxidation sites excluding steroid dienone is 8. The van der Waals surface area contributed by atoms with Crippen molar-refractivity contribution < 1.29 is 131 Å². The van der Waals surface area contributed by atoms with Crippen LogP contribution in [-0.4, -0.2) is 0 Å². The van der Waals surface area contributed by atoms with Gasteiger partial charge in [0.1, 0.15) is 0 Å². The summed E-state index contributed by atoms with van der Waals surface area (Å²) in [4.78, 5) is 0. The Labute approximate surface area is 485 Å². The van der Waals surface area contributed by atoms with E-state index in [9.17, 15) is 0 Å². The van der Waals surface area contributed by atoms with Gasteiger partial charge in [-0.2, -0.15) is 25.7 Å². The van der Waals surface area contributed by atoms with E-state index >= 15 is 0 Å². The minimum Gasteiger partial charge on any atom is -0.497 e. The summed E-state index contributed by atoms with van der Waals surface area (Å²) in [5.74, 6) is 0. The van der Waals surface area contributed by atoms with Gasteiger partial charge in [-0.1, -0.05) is 267 Å². The molecule has 4 heteroatoms. The van der Waals surface area contributed by atoms with E-state index in [1.807, 2.05) is 0 Å². The van der Waals surface area contributed by atoms with Gasteiger partial charge in [0, 0.05) is 131 Å². The van der Waals surface area contributed by atoms with Gasteiger partial charge in [-0.3, -0.25) is 22.3 Å². The van der Waals surface area contributed by atoms with Crippen LogP contribution in [0.1, 0.15) is 271 Å². The summed E-state index contributed by atoms with van der Waals surface area (Å²) in [6.45, 7) is 63.7. The number of rotatable bonds is 12. The van der Waals surface area contributed by atoms with Gasteiger partial charge in [0.15, 0.2) is 0 Å². The van der Waals surface area contributed by atoms with E-state index in [2.05, 4.69) is 218 Å².